The Bertz CT molecular complexity index is 356. The van der Waals surface area contributed by atoms with Gasteiger partial charge in [-0.05, 0) is 32.1 Å². The molecule has 1 saturated heterocycles. The summed E-state index contributed by atoms with van der Waals surface area (Å²) in [6.07, 6.45) is 8.77. The smallest absolute Gasteiger partial charge is 0.0712 e. The molecule has 0 aromatic carbocycles. The van der Waals surface area contributed by atoms with Gasteiger partial charge in [-0.25, -0.2) is 5.01 Å². The van der Waals surface area contributed by atoms with Crippen molar-refractivity contribution in [3.63, 3.8) is 0 Å². The van der Waals surface area contributed by atoms with Crippen LogP contribution >= 0.6 is 11.8 Å². The van der Waals surface area contributed by atoms with E-state index in [0.717, 1.165) is 13.1 Å². The van der Waals surface area contributed by atoms with Crippen molar-refractivity contribution in [2.75, 3.05) is 26.2 Å². The fourth-order valence-corrected chi connectivity index (χ4v) is 4.18. The van der Waals surface area contributed by atoms with E-state index >= 15 is 0 Å². The van der Waals surface area contributed by atoms with Crippen LogP contribution in [0.4, 0.5) is 0 Å². The molecule has 0 unspecified atom stereocenters. The van der Waals surface area contributed by atoms with Gasteiger partial charge in [-0.2, -0.15) is 0 Å². The van der Waals surface area contributed by atoms with Crippen molar-refractivity contribution in [3.05, 3.63) is 21.6 Å². The molecule has 3 rings (SSSR count). The molecule has 17 heavy (non-hydrogen) atoms. The first-order valence-corrected chi connectivity index (χ1v) is 7.48. The lowest BCUT2D eigenvalue weighted by atomic mass is 10.0. The molecular weight excluding hydrogens is 230 g/mol. The molecule has 4 heteroatoms. The maximum absolute atomic E-state index is 5.94. The van der Waals surface area contributed by atoms with E-state index in [1.165, 1.54) is 55.1 Å². The Morgan fingerprint density at radius 3 is 2.76 bits per heavy atom. The van der Waals surface area contributed by atoms with Crippen molar-refractivity contribution in [1.82, 2.24) is 9.91 Å². The highest BCUT2D eigenvalue weighted by Crippen LogP contribution is 2.39. The van der Waals surface area contributed by atoms with Crippen molar-refractivity contribution >= 4 is 11.8 Å². The number of likely N-dealkylation sites (tertiary alicyclic amines) is 1. The highest BCUT2D eigenvalue weighted by Gasteiger charge is 2.23. The highest BCUT2D eigenvalue weighted by molar-refractivity contribution is 8.06. The predicted molar refractivity (Wildman–Crippen MR) is 73.1 cm³/mol. The van der Waals surface area contributed by atoms with Crippen LogP contribution in [0, 0.1) is 0 Å². The molecule has 0 atom stereocenters. The minimum Gasteiger partial charge on any atom is -0.366 e. The third kappa shape index (κ3) is 2.54. The molecule has 94 valence electrons. The number of allylic oxidation sites excluding steroid dienone is 1. The van der Waals surface area contributed by atoms with Crippen LogP contribution in [0.5, 0.6) is 0 Å². The fraction of sp³-hybridized carbons (Fsp3) is 0.692. The Hall–Kier alpha value is -0.450. The van der Waals surface area contributed by atoms with Crippen molar-refractivity contribution in [2.45, 2.75) is 32.1 Å². The van der Waals surface area contributed by atoms with Crippen molar-refractivity contribution in [3.8, 4) is 0 Å². The van der Waals surface area contributed by atoms with Gasteiger partial charge in [0.25, 0.3) is 0 Å². The van der Waals surface area contributed by atoms with Gasteiger partial charge in [-0.1, -0.05) is 23.4 Å². The van der Waals surface area contributed by atoms with Gasteiger partial charge < -0.3 is 4.90 Å². The van der Waals surface area contributed by atoms with Gasteiger partial charge in [-0.15, -0.1) is 0 Å². The minimum atomic E-state index is 0.950. The van der Waals surface area contributed by atoms with Crippen LogP contribution in [-0.2, 0) is 0 Å². The Labute approximate surface area is 108 Å². The lowest BCUT2D eigenvalue weighted by molar-refractivity contribution is 0.300. The first kappa shape index (κ1) is 11.6. The Balaban J connectivity index is 1.76. The van der Waals surface area contributed by atoms with Crippen LogP contribution < -0.4 is 5.84 Å². The molecule has 1 fully saturated rings. The molecule has 0 bridgehead atoms. The molecule has 3 aliphatic rings. The lowest BCUT2D eigenvalue weighted by Gasteiger charge is -2.28. The third-order valence-corrected chi connectivity index (χ3v) is 5.15. The average molecular weight is 251 g/mol. The van der Waals surface area contributed by atoms with Gasteiger partial charge in [0.1, 0.15) is 0 Å². The van der Waals surface area contributed by atoms with Crippen LogP contribution in [0.2, 0.25) is 0 Å². The van der Waals surface area contributed by atoms with Crippen LogP contribution in [0.15, 0.2) is 21.6 Å². The summed E-state index contributed by atoms with van der Waals surface area (Å²) in [4.78, 5) is 4.07. The Morgan fingerprint density at radius 2 is 1.94 bits per heavy atom. The Morgan fingerprint density at radius 1 is 1.12 bits per heavy atom. The number of thioether (sulfide) groups is 1. The zero-order chi connectivity index (χ0) is 11.7. The summed E-state index contributed by atoms with van der Waals surface area (Å²) in [5.74, 6) is 5.94. The molecule has 3 nitrogen and oxygen atoms in total. The van der Waals surface area contributed by atoms with E-state index < -0.39 is 0 Å². The summed E-state index contributed by atoms with van der Waals surface area (Å²) in [5.41, 5.74) is 1.65. The summed E-state index contributed by atoms with van der Waals surface area (Å²) in [7, 11) is 0. The summed E-state index contributed by atoms with van der Waals surface area (Å²) < 4.78 is 0. The molecule has 0 aliphatic carbocycles. The maximum Gasteiger partial charge on any atom is 0.0712 e. The maximum atomic E-state index is 5.94. The van der Waals surface area contributed by atoms with Gasteiger partial charge in [0, 0.05) is 31.1 Å². The van der Waals surface area contributed by atoms with E-state index in [-0.39, 0.29) is 0 Å². The normalized spacial score (nSPS) is 26.9. The van der Waals surface area contributed by atoms with Crippen molar-refractivity contribution < 1.29 is 0 Å². The number of hydrogen-bond donors (Lipinski definition) is 1. The van der Waals surface area contributed by atoms with Crippen LogP contribution in [0.3, 0.4) is 0 Å². The topological polar surface area (TPSA) is 32.5 Å². The van der Waals surface area contributed by atoms with E-state index in [1.807, 2.05) is 16.8 Å². The molecule has 3 aliphatic heterocycles. The monoisotopic (exact) mass is 251 g/mol. The Kier molecular flexibility index (Phi) is 3.45. The van der Waals surface area contributed by atoms with Gasteiger partial charge in [0.15, 0.2) is 0 Å². The number of nitrogens with two attached hydrogens (primary N) is 1. The number of rotatable bonds is 1. The molecule has 0 saturated carbocycles. The second-order valence-corrected chi connectivity index (χ2v) is 6.24. The second-order valence-electron chi connectivity index (χ2n) is 5.12. The number of nitrogens with zero attached hydrogens (tertiary/aromatic N) is 2. The first-order valence-electron chi connectivity index (χ1n) is 6.66. The third-order valence-electron chi connectivity index (χ3n) is 3.85. The lowest BCUT2D eigenvalue weighted by Crippen LogP contribution is -2.36. The van der Waals surface area contributed by atoms with Gasteiger partial charge in [0.05, 0.1) is 5.03 Å². The van der Waals surface area contributed by atoms with E-state index in [2.05, 4.69) is 11.0 Å². The molecule has 0 radical (unpaired) electrons. The van der Waals surface area contributed by atoms with Crippen molar-refractivity contribution in [1.29, 1.82) is 0 Å². The standard InChI is InChI=1S/C13H21N3S/c14-16-9-6-11-4-3-5-13(17-12(11)10-16)15-7-1-2-8-15/h5H,1-4,6-10,14H2. The molecular formula is C13H21N3S. The fourth-order valence-electron chi connectivity index (χ4n) is 2.83. The first-order chi connectivity index (χ1) is 8.33. The zero-order valence-electron chi connectivity index (χ0n) is 10.3. The highest BCUT2D eigenvalue weighted by atomic mass is 32.2. The quantitative estimate of drug-likeness (QED) is 0.725. The van der Waals surface area contributed by atoms with Crippen LogP contribution in [0.25, 0.3) is 0 Å². The van der Waals surface area contributed by atoms with E-state index in [4.69, 9.17) is 5.84 Å². The average Bonchev–Trinajstić information content (AvgIpc) is 2.77. The predicted octanol–water partition coefficient (Wildman–Crippen LogP) is 2.28. The van der Waals surface area contributed by atoms with Crippen LogP contribution in [0.1, 0.15) is 32.1 Å². The largest absolute Gasteiger partial charge is 0.366 e. The van der Waals surface area contributed by atoms with Gasteiger partial charge >= 0.3 is 0 Å². The summed E-state index contributed by atoms with van der Waals surface area (Å²) in [6, 6.07) is 0. The molecule has 0 aromatic rings. The van der Waals surface area contributed by atoms with E-state index in [1.54, 1.807) is 5.57 Å². The van der Waals surface area contributed by atoms with Crippen molar-refractivity contribution in [2.24, 2.45) is 5.84 Å². The van der Waals surface area contributed by atoms with Crippen LogP contribution in [-0.4, -0.2) is 36.1 Å². The molecule has 0 aromatic heterocycles. The zero-order valence-corrected chi connectivity index (χ0v) is 11.1. The SMILES string of the molecule is NN1CCC2=C(C1)SC(N1CCCC1)=CCC2. The summed E-state index contributed by atoms with van der Waals surface area (Å²) in [5, 5.41) is 3.45. The molecule has 0 spiro atoms. The van der Waals surface area contributed by atoms with E-state index in [0.29, 0.717) is 0 Å². The number of hydrazine groups is 1. The minimum absolute atomic E-state index is 0.950. The second kappa shape index (κ2) is 5.04. The molecule has 2 N–H and O–H groups in total. The summed E-state index contributed by atoms with van der Waals surface area (Å²) in [6.45, 7) is 4.46. The van der Waals surface area contributed by atoms with Gasteiger partial charge in [-0.3, -0.25) is 5.84 Å². The summed E-state index contributed by atoms with van der Waals surface area (Å²) >= 11 is 1.98. The number of hydrogen-bond acceptors (Lipinski definition) is 4. The van der Waals surface area contributed by atoms with Gasteiger partial charge in [0.2, 0.25) is 0 Å². The van der Waals surface area contributed by atoms with E-state index in [9.17, 15) is 0 Å². The molecule has 0 amide bonds. The molecule has 3 heterocycles.